The number of allylic oxidation sites excluding steroid dienone is 3. The predicted molar refractivity (Wildman–Crippen MR) is 82.2 cm³/mol. The molecule has 0 fully saturated rings. The molecule has 0 heteroatoms. The summed E-state index contributed by atoms with van der Waals surface area (Å²) in [5, 5.41) is 5.61. The Morgan fingerprint density at radius 1 is 0.842 bits per heavy atom. The topological polar surface area (TPSA) is 0 Å². The average Bonchev–Trinajstić information content (AvgIpc) is 2.89. The summed E-state index contributed by atoms with van der Waals surface area (Å²) >= 11 is 0. The van der Waals surface area contributed by atoms with Crippen LogP contribution in [0.5, 0.6) is 0 Å². The zero-order valence-corrected chi connectivity index (χ0v) is 10.5. The maximum Gasteiger partial charge on any atom is -0.00328 e. The van der Waals surface area contributed by atoms with Gasteiger partial charge in [0.2, 0.25) is 0 Å². The van der Waals surface area contributed by atoms with Gasteiger partial charge in [0.15, 0.2) is 0 Å². The van der Waals surface area contributed by atoms with E-state index in [1.54, 1.807) is 0 Å². The second kappa shape index (κ2) is 3.16. The first kappa shape index (κ1) is 9.57. The van der Waals surface area contributed by atoms with Crippen LogP contribution in [0.4, 0.5) is 0 Å². The van der Waals surface area contributed by atoms with E-state index in [1.165, 1.54) is 43.8 Å². The van der Waals surface area contributed by atoms with Crippen LogP contribution in [0.3, 0.4) is 0 Å². The smallest absolute Gasteiger partial charge is 0.00328 e. The van der Waals surface area contributed by atoms with Gasteiger partial charge in [0, 0.05) is 0 Å². The molecule has 5 rings (SSSR count). The molecular formula is C19H12. The summed E-state index contributed by atoms with van der Waals surface area (Å²) < 4.78 is 0. The number of benzene rings is 3. The van der Waals surface area contributed by atoms with Gasteiger partial charge in [-0.1, -0.05) is 54.6 Å². The molecule has 0 saturated carbocycles. The lowest BCUT2D eigenvalue weighted by molar-refractivity contribution is 1.31. The van der Waals surface area contributed by atoms with Crippen molar-refractivity contribution in [1.29, 1.82) is 0 Å². The predicted octanol–water partition coefficient (Wildman–Crippen LogP) is 4.96. The quantitative estimate of drug-likeness (QED) is 0.487. The molecule has 19 heavy (non-hydrogen) atoms. The monoisotopic (exact) mass is 240 g/mol. The fraction of sp³-hybridized carbons (Fsp3) is 0.0526. The minimum Gasteiger partial charge on any atom is -0.0722 e. The molecule has 0 N–H and O–H groups in total. The van der Waals surface area contributed by atoms with Crippen molar-refractivity contribution < 1.29 is 0 Å². The van der Waals surface area contributed by atoms with Crippen LogP contribution in [-0.4, -0.2) is 0 Å². The minimum atomic E-state index is 1.05. The second-order valence-corrected chi connectivity index (χ2v) is 5.40. The molecule has 0 atom stereocenters. The molecule has 0 spiro atoms. The summed E-state index contributed by atoms with van der Waals surface area (Å²) in [6, 6.07) is 15.6. The molecule has 0 nitrogen and oxygen atoms in total. The van der Waals surface area contributed by atoms with Crippen molar-refractivity contribution in [3.8, 4) is 0 Å². The fourth-order valence-electron chi connectivity index (χ4n) is 3.59. The Bertz CT molecular complexity index is 924. The van der Waals surface area contributed by atoms with Crippen molar-refractivity contribution in [2.75, 3.05) is 0 Å². The maximum absolute atomic E-state index is 2.37. The summed E-state index contributed by atoms with van der Waals surface area (Å²) in [5.74, 6) is 0. The Morgan fingerprint density at radius 2 is 1.79 bits per heavy atom. The van der Waals surface area contributed by atoms with Gasteiger partial charge in [0.25, 0.3) is 0 Å². The van der Waals surface area contributed by atoms with Gasteiger partial charge in [0.1, 0.15) is 0 Å². The molecule has 0 unspecified atom stereocenters. The standard InChI is InChI=1S/C19H12/c1-2-4-16-14(3-1)11-15-8-7-12-5-6-13-9-10-17(16)19(15)18(12)13/h1-9,11H,10H2. The lowest BCUT2D eigenvalue weighted by atomic mass is 9.85. The molecule has 0 radical (unpaired) electrons. The van der Waals surface area contributed by atoms with E-state index in [0.29, 0.717) is 0 Å². The number of hydrogen-bond donors (Lipinski definition) is 0. The van der Waals surface area contributed by atoms with Crippen LogP contribution in [0.2, 0.25) is 0 Å². The third kappa shape index (κ3) is 1.09. The van der Waals surface area contributed by atoms with E-state index >= 15 is 0 Å². The Labute approximate surface area is 111 Å². The minimum absolute atomic E-state index is 1.05. The van der Waals surface area contributed by atoms with E-state index in [2.05, 4.69) is 60.7 Å². The Kier molecular flexibility index (Phi) is 1.59. The van der Waals surface area contributed by atoms with E-state index < -0.39 is 0 Å². The van der Waals surface area contributed by atoms with Crippen molar-refractivity contribution in [2.45, 2.75) is 6.42 Å². The van der Waals surface area contributed by atoms with Gasteiger partial charge in [-0.2, -0.15) is 0 Å². The zero-order valence-electron chi connectivity index (χ0n) is 10.5. The van der Waals surface area contributed by atoms with Crippen LogP contribution in [0.1, 0.15) is 16.7 Å². The molecule has 0 amide bonds. The first-order valence-corrected chi connectivity index (χ1v) is 6.78. The molecule has 88 valence electrons. The Balaban J connectivity index is 2.10. The molecule has 3 aromatic rings. The highest BCUT2D eigenvalue weighted by molar-refractivity contribution is 6.12. The molecule has 2 aliphatic rings. The highest BCUT2D eigenvalue weighted by Gasteiger charge is 2.21. The molecule has 0 saturated heterocycles. The van der Waals surface area contributed by atoms with E-state index in [-0.39, 0.29) is 0 Å². The molecular weight excluding hydrogens is 228 g/mol. The fourth-order valence-corrected chi connectivity index (χ4v) is 3.59. The lowest BCUT2D eigenvalue weighted by Gasteiger charge is -2.18. The largest absolute Gasteiger partial charge is 0.0722 e. The van der Waals surface area contributed by atoms with Crippen molar-refractivity contribution >= 4 is 33.2 Å². The molecule has 0 heterocycles. The first-order valence-electron chi connectivity index (χ1n) is 6.78. The van der Waals surface area contributed by atoms with Crippen molar-refractivity contribution in [3.63, 3.8) is 0 Å². The Morgan fingerprint density at radius 3 is 2.79 bits per heavy atom. The van der Waals surface area contributed by atoms with Crippen molar-refractivity contribution in [2.24, 2.45) is 0 Å². The van der Waals surface area contributed by atoms with Gasteiger partial charge < -0.3 is 0 Å². The maximum atomic E-state index is 2.37. The summed E-state index contributed by atoms with van der Waals surface area (Å²) in [6.45, 7) is 0. The van der Waals surface area contributed by atoms with E-state index in [1.807, 2.05) is 0 Å². The Hall–Kier alpha value is -2.34. The number of hydrogen-bond acceptors (Lipinski definition) is 0. The van der Waals surface area contributed by atoms with Crippen molar-refractivity contribution in [3.05, 3.63) is 71.3 Å². The molecule has 3 aromatic carbocycles. The van der Waals surface area contributed by atoms with Crippen LogP contribution >= 0.6 is 0 Å². The summed E-state index contributed by atoms with van der Waals surface area (Å²) in [7, 11) is 0. The third-order valence-electron chi connectivity index (χ3n) is 4.43. The van der Waals surface area contributed by atoms with Gasteiger partial charge in [-0.3, -0.25) is 0 Å². The zero-order chi connectivity index (χ0) is 12.4. The van der Waals surface area contributed by atoms with Crippen LogP contribution in [0.15, 0.2) is 54.6 Å². The molecule has 0 bridgehead atoms. The van der Waals surface area contributed by atoms with E-state index in [9.17, 15) is 0 Å². The molecule has 0 aliphatic heterocycles. The van der Waals surface area contributed by atoms with Gasteiger partial charge in [-0.25, -0.2) is 0 Å². The number of fused-ring (bicyclic) bond motifs is 2. The van der Waals surface area contributed by atoms with E-state index in [0.717, 1.165) is 6.42 Å². The summed E-state index contributed by atoms with van der Waals surface area (Å²) in [5.41, 5.74) is 5.72. The van der Waals surface area contributed by atoms with Gasteiger partial charge in [-0.15, -0.1) is 0 Å². The molecule has 0 aromatic heterocycles. The van der Waals surface area contributed by atoms with E-state index in [4.69, 9.17) is 0 Å². The van der Waals surface area contributed by atoms with Crippen LogP contribution < -0.4 is 0 Å². The van der Waals surface area contributed by atoms with Crippen LogP contribution in [0, 0.1) is 0 Å². The lowest BCUT2D eigenvalue weighted by Crippen LogP contribution is -1.98. The van der Waals surface area contributed by atoms with Gasteiger partial charge in [0.05, 0.1) is 0 Å². The van der Waals surface area contributed by atoms with Gasteiger partial charge in [-0.05, 0) is 56.3 Å². The first-order chi connectivity index (χ1) is 9.42. The van der Waals surface area contributed by atoms with Crippen molar-refractivity contribution in [1.82, 2.24) is 0 Å². The average molecular weight is 240 g/mol. The highest BCUT2D eigenvalue weighted by Crippen LogP contribution is 2.42. The number of rotatable bonds is 0. The third-order valence-corrected chi connectivity index (χ3v) is 4.43. The summed E-state index contributed by atoms with van der Waals surface area (Å²) in [4.78, 5) is 0. The summed E-state index contributed by atoms with van der Waals surface area (Å²) in [6.07, 6.45) is 7.91. The van der Waals surface area contributed by atoms with Gasteiger partial charge >= 0.3 is 0 Å². The molecule has 2 aliphatic carbocycles. The normalized spacial score (nSPS) is 15.3. The second-order valence-electron chi connectivity index (χ2n) is 5.40. The highest BCUT2D eigenvalue weighted by atomic mass is 14.2. The SMILES string of the molecule is C1=Cc2ccc3cc4ccccc4c4c3c2C1=CC4. The van der Waals surface area contributed by atoms with Crippen LogP contribution in [-0.2, 0) is 6.42 Å². The van der Waals surface area contributed by atoms with Crippen LogP contribution in [0.25, 0.3) is 33.2 Å².